The smallest absolute Gasteiger partial charge is 0.406 e. The summed E-state index contributed by atoms with van der Waals surface area (Å²) in [5.41, 5.74) is 1.44. The standard InChI is InChI=1S/C18H16F2N6O2/c1-8(2)23-18(27)28-13-7-22-17-16(13)24-11(6-21-17)15-14-10(20)4-9(19)5-12(14)26(3)25-15/h4-8H,1-3H3,(H,21,22)(H,23,27). The minimum atomic E-state index is -0.748. The van der Waals surface area contributed by atoms with Crippen LogP contribution in [-0.4, -0.2) is 36.9 Å². The van der Waals surface area contributed by atoms with Crippen molar-refractivity contribution in [1.29, 1.82) is 0 Å². The number of halogens is 2. The van der Waals surface area contributed by atoms with Gasteiger partial charge in [-0.2, -0.15) is 5.10 Å². The highest BCUT2D eigenvalue weighted by molar-refractivity contribution is 5.94. The van der Waals surface area contributed by atoms with E-state index in [1.165, 1.54) is 23.1 Å². The summed E-state index contributed by atoms with van der Waals surface area (Å²) in [5.74, 6) is -1.27. The molecule has 0 aliphatic carbocycles. The Balaban J connectivity index is 1.82. The van der Waals surface area contributed by atoms with E-state index in [4.69, 9.17) is 4.74 Å². The summed E-state index contributed by atoms with van der Waals surface area (Å²) in [5, 5.41) is 7.00. The molecule has 0 aliphatic rings. The first-order valence-electron chi connectivity index (χ1n) is 8.48. The normalized spacial score (nSPS) is 11.5. The Bertz CT molecular complexity index is 1210. The molecule has 10 heteroatoms. The Morgan fingerprint density at radius 2 is 2.11 bits per heavy atom. The molecule has 0 spiro atoms. The van der Waals surface area contributed by atoms with Gasteiger partial charge < -0.3 is 15.0 Å². The maximum absolute atomic E-state index is 14.4. The zero-order valence-corrected chi connectivity index (χ0v) is 15.2. The number of amides is 1. The van der Waals surface area contributed by atoms with Crippen LogP contribution in [0.3, 0.4) is 0 Å². The molecule has 4 aromatic rings. The highest BCUT2D eigenvalue weighted by Gasteiger charge is 2.20. The summed E-state index contributed by atoms with van der Waals surface area (Å²) in [6.45, 7) is 3.61. The SMILES string of the molecule is CC(C)NC(=O)Oc1c[nH]c2ncc(-c3nn(C)c4cc(F)cc(F)c34)nc12. The van der Waals surface area contributed by atoms with Crippen LogP contribution in [0.2, 0.25) is 0 Å². The molecule has 0 atom stereocenters. The number of benzene rings is 1. The molecule has 8 nitrogen and oxygen atoms in total. The van der Waals surface area contributed by atoms with E-state index < -0.39 is 17.7 Å². The van der Waals surface area contributed by atoms with Gasteiger partial charge in [0.1, 0.15) is 23.0 Å². The van der Waals surface area contributed by atoms with Crippen molar-refractivity contribution < 1.29 is 18.3 Å². The third-order valence-electron chi connectivity index (χ3n) is 4.07. The maximum atomic E-state index is 14.4. The zero-order chi connectivity index (χ0) is 20.0. The molecule has 3 heterocycles. The van der Waals surface area contributed by atoms with E-state index in [1.807, 2.05) is 0 Å². The van der Waals surface area contributed by atoms with Crippen molar-refractivity contribution in [1.82, 2.24) is 30.0 Å². The number of nitrogens with one attached hydrogen (secondary N) is 2. The van der Waals surface area contributed by atoms with Gasteiger partial charge in [-0.25, -0.2) is 23.5 Å². The average molecular weight is 386 g/mol. The molecule has 0 aliphatic heterocycles. The third-order valence-corrected chi connectivity index (χ3v) is 4.07. The van der Waals surface area contributed by atoms with Crippen LogP contribution in [0.15, 0.2) is 24.5 Å². The summed E-state index contributed by atoms with van der Waals surface area (Å²) >= 11 is 0. The predicted molar refractivity (Wildman–Crippen MR) is 97.8 cm³/mol. The summed E-state index contributed by atoms with van der Waals surface area (Å²) < 4.78 is 34.6. The molecule has 0 saturated carbocycles. The lowest BCUT2D eigenvalue weighted by Crippen LogP contribution is -2.32. The van der Waals surface area contributed by atoms with Gasteiger partial charge in [-0.05, 0) is 19.9 Å². The van der Waals surface area contributed by atoms with Gasteiger partial charge in [0.15, 0.2) is 16.9 Å². The van der Waals surface area contributed by atoms with E-state index >= 15 is 0 Å². The molecule has 1 amide bonds. The van der Waals surface area contributed by atoms with E-state index in [-0.39, 0.29) is 39.6 Å². The minimum Gasteiger partial charge on any atom is -0.406 e. The molecule has 2 N–H and O–H groups in total. The lowest BCUT2D eigenvalue weighted by molar-refractivity contribution is 0.198. The second-order valence-electron chi connectivity index (χ2n) is 6.55. The van der Waals surface area contributed by atoms with Gasteiger partial charge in [0, 0.05) is 25.4 Å². The summed E-state index contributed by atoms with van der Waals surface area (Å²) in [4.78, 5) is 23.4. The van der Waals surface area contributed by atoms with Crippen LogP contribution in [0.1, 0.15) is 13.8 Å². The van der Waals surface area contributed by atoms with Crippen LogP contribution in [0.5, 0.6) is 5.75 Å². The quantitative estimate of drug-likeness (QED) is 0.563. The summed E-state index contributed by atoms with van der Waals surface area (Å²) in [7, 11) is 1.58. The van der Waals surface area contributed by atoms with E-state index in [9.17, 15) is 13.6 Å². The van der Waals surface area contributed by atoms with Crippen LogP contribution in [0.25, 0.3) is 33.5 Å². The van der Waals surface area contributed by atoms with Crippen molar-refractivity contribution >= 4 is 28.2 Å². The van der Waals surface area contributed by atoms with Gasteiger partial charge in [-0.1, -0.05) is 0 Å². The molecule has 0 bridgehead atoms. The predicted octanol–water partition coefficient (Wildman–Crippen LogP) is 3.29. The fourth-order valence-corrected chi connectivity index (χ4v) is 2.91. The average Bonchev–Trinajstić information content (AvgIpc) is 3.15. The van der Waals surface area contributed by atoms with E-state index in [1.54, 1.807) is 20.9 Å². The number of aromatic amines is 1. The van der Waals surface area contributed by atoms with E-state index in [2.05, 4.69) is 25.4 Å². The van der Waals surface area contributed by atoms with Crippen LogP contribution in [0.4, 0.5) is 13.6 Å². The molecule has 144 valence electrons. The number of carbonyl (C=O) groups excluding carboxylic acids is 1. The molecular formula is C18H16F2N6O2. The molecule has 3 aromatic heterocycles. The topological polar surface area (TPSA) is 97.7 Å². The van der Waals surface area contributed by atoms with Crippen molar-refractivity contribution in [3.05, 3.63) is 36.2 Å². The number of H-pyrrole nitrogens is 1. The number of ether oxygens (including phenoxy) is 1. The molecule has 0 unspecified atom stereocenters. The monoisotopic (exact) mass is 386 g/mol. The van der Waals surface area contributed by atoms with E-state index in [0.29, 0.717) is 5.65 Å². The summed E-state index contributed by atoms with van der Waals surface area (Å²) in [6.07, 6.45) is 2.25. The lowest BCUT2D eigenvalue weighted by atomic mass is 10.1. The van der Waals surface area contributed by atoms with Crippen molar-refractivity contribution in [3.8, 4) is 17.1 Å². The maximum Gasteiger partial charge on any atom is 0.412 e. The lowest BCUT2D eigenvalue weighted by Gasteiger charge is -2.07. The largest absolute Gasteiger partial charge is 0.412 e. The number of aryl methyl sites for hydroxylation is 1. The first-order chi connectivity index (χ1) is 13.3. The molecule has 1 aromatic carbocycles. The van der Waals surface area contributed by atoms with Gasteiger partial charge in [0.2, 0.25) is 0 Å². The molecule has 0 fully saturated rings. The van der Waals surface area contributed by atoms with Crippen molar-refractivity contribution in [2.75, 3.05) is 0 Å². The van der Waals surface area contributed by atoms with Gasteiger partial charge in [-0.3, -0.25) is 4.68 Å². The fraction of sp³-hybridized carbons (Fsp3) is 0.222. The number of hydrogen-bond acceptors (Lipinski definition) is 5. The number of fused-ring (bicyclic) bond motifs is 2. The van der Waals surface area contributed by atoms with Crippen LogP contribution in [-0.2, 0) is 7.05 Å². The van der Waals surface area contributed by atoms with Gasteiger partial charge in [-0.15, -0.1) is 0 Å². The fourth-order valence-electron chi connectivity index (χ4n) is 2.91. The first-order valence-corrected chi connectivity index (χ1v) is 8.48. The Kier molecular flexibility index (Phi) is 4.17. The third kappa shape index (κ3) is 3.02. The minimum absolute atomic E-state index is 0.0948. The van der Waals surface area contributed by atoms with E-state index in [0.717, 1.165) is 6.07 Å². The van der Waals surface area contributed by atoms with Crippen molar-refractivity contribution in [3.63, 3.8) is 0 Å². The van der Waals surface area contributed by atoms with Crippen LogP contribution >= 0.6 is 0 Å². The summed E-state index contributed by atoms with van der Waals surface area (Å²) in [6, 6.07) is 1.89. The second-order valence-corrected chi connectivity index (χ2v) is 6.55. The highest BCUT2D eigenvalue weighted by atomic mass is 19.1. The Hall–Kier alpha value is -3.56. The number of nitrogens with zero attached hydrogens (tertiary/aromatic N) is 4. The van der Waals surface area contributed by atoms with Crippen LogP contribution < -0.4 is 10.1 Å². The van der Waals surface area contributed by atoms with Crippen molar-refractivity contribution in [2.45, 2.75) is 19.9 Å². The van der Waals surface area contributed by atoms with Crippen molar-refractivity contribution in [2.24, 2.45) is 7.05 Å². The second kappa shape index (κ2) is 6.55. The first kappa shape index (κ1) is 17.8. The number of rotatable bonds is 3. The number of hydrogen-bond donors (Lipinski definition) is 2. The molecule has 4 rings (SSSR count). The number of aromatic nitrogens is 5. The highest BCUT2D eigenvalue weighted by Crippen LogP contribution is 2.31. The Morgan fingerprint density at radius 3 is 2.86 bits per heavy atom. The number of carbonyl (C=O) groups is 1. The van der Waals surface area contributed by atoms with Crippen LogP contribution in [0, 0.1) is 11.6 Å². The molecular weight excluding hydrogens is 370 g/mol. The molecule has 28 heavy (non-hydrogen) atoms. The zero-order valence-electron chi connectivity index (χ0n) is 15.2. The Morgan fingerprint density at radius 1 is 1.32 bits per heavy atom. The molecule has 0 radical (unpaired) electrons. The van der Waals surface area contributed by atoms with Gasteiger partial charge in [0.05, 0.1) is 17.1 Å². The molecule has 0 saturated heterocycles. The van der Waals surface area contributed by atoms with Gasteiger partial charge >= 0.3 is 6.09 Å². The van der Waals surface area contributed by atoms with Gasteiger partial charge in [0.25, 0.3) is 0 Å². The Labute approximate surface area is 157 Å².